The second kappa shape index (κ2) is 8.04. The second-order valence-corrected chi connectivity index (χ2v) is 3.10. The van der Waals surface area contributed by atoms with Crippen molar-refractivity contribution in [2.75, 3.05) is 20.3 Å². The first-order valence-corrected chi connectivity index (χ1v) is 4.67. The molecule has 0 aliphatic rings. The third-order valence-corrected chi connectivity index (χ3v) is 1.93. The highest BCUT2D eigenvalue weighted by Crippen LogP contribution is 2.12. The number of nitro groups is 1. The van der Waals surface area contributed by atoms with Crippen LogP contribution in [-0.4, -0.2) is 25.2 Å². The minimum atomic E-state index is -0.390. The molecular weight excluding hydrogens is 232 g/mol. The quantitative estimate of drug-likeness (QED) is 0.472. The van der Waals surface area contributed by atoms with Gasteiger partial charge in [-0.25, -0.2) is 0 Å². The summed E-state index contributed by atoms with van der Waals surface area (Å²) in [5.74, 6) is 0. The molecule has 0 heterocycles. The molecule has 0 unspecified atom stereocenters. The smallest absolute Gasteiger partial charge is 0.269 e. The molecule has 6 heteroatoms. The van der Waals surface area contributed by atoms with Crippen LogP contribution < -0.4 is 5.32 Å². The van der Waals surface area contributed by atoms with Crippen molar-refractivity contribution in [1.82, 2.24) is 5.32 Å². The van der Waals surface area contributed by atoms with Crippen LogP contribution in [0.15, 0.2) is 24.3 Å². The molecule has 1 rings (SSSR count). The minimum absolute atomic E-state index is 0. The lowest BCUT2D eigenvalue weighted by Gasteiger charge is -2.03. The Bertz CT molecular complexity index is 334. The molecule has 1 N–H and O–H groups in total. The summed E-state index contributed by atoms with van der Waals surface area (Å²) in [6.45, 7) is 1.99. The Morgan fingerprint density at radius 3 is 2.88 bits per heavy atom. The molecule has 1 aromatic rings. The summed E-state index contributed by atoms with van der Waals surface area (Å²) in [6, 6.07) is 6.59. The van der Waals surface area contributed by atoms with E-state index in [0.717, 1.165) is 12.1 Å². The van der Waals surface area contributed by atoms with Gasteiger partial charge in [-0.2, -0.15) is 0 Å². The van der Waals surface area contributed by atoms with Crippen molar-refractivity contribution in [3.63, 3.8) is 0 Å². The Labute approximate surface area is 100 Å². The topological polar surface area (TPSA) is 64.4 Å². The fraction of sp³-hybridized carbons (Fsp3) is 0.400. The fourth-order valence-electron chi connectivity index (χ4n) is 1.19. The fourth-order valence-corrected chi connectivity index (χ4v) is 1.19. The van der Waals surface area contributed by atoms with Crippen LogP contribution in [0.25, 0.3) is 0 Å². The molecule has 90 valence electrons. The number of nitro benzene ring substituents is 1. The Hall–Kier alpha value is -1.17. The average Bonchev–Trinajstić information content (AvgIpc) is 2.25. The Morgan fingerprint density at radius 2 is 2.25 bits per heavy atom. The van der Waals surface area contributed by atoms with Crippen LogP contribution in [-0.2, 0) is 11.3 Å². The molecule has 0 fully saturated rings. The molecule has 0 saturated heterocycles. The van der Waals surface area contributed by atoms with Gasteiger partial charge in [-0.05, 0) is 5.56 Å². The maximum absolute atomic E-state index is 10.5. The van der Waals surface area contributed by atoms with Crippen LogP contribution in [0.1, 0.15) is 5.56 Å². The molecule has 0 radical (unpaired) electrons. The highest BCUT2D eigenvalue weighted by molar-refractivity contribution is 5.85. The van der Waals surface area contributed by atoms with Crippen molar-refractivity contribution < 1.29 is 9.66 Å². The SMILES string of the molecule is COCCNCc1cccc([N+](=O)[O-])c1.Cl. The van der Waals surface area contributed by atoms with Gasteiger partial charge in [-0.3, -0.25) is 10.1 Å². The highest BCUT2D eigenvalue weighted by atomic mass is 35.5. The molecule has 0 aliphatic heterocycles. The van der Waals surface area contributed by atoms with Crippen molar-refractivity contribution in [3.05, 3.63) is 39.9 Å². The molecule has 0 saturated carbocycles. The van der Waals surface area contributed by atoms with Gasteiger partial charge >= 0.3 is 0 Å². The highest BCUT2D eigenvalue weighted by Gasteiger charge is 2.04. The van der Waals surface area contributed by atoms with Crippen LogP contribution >= 0.6 is 12.4 Å². The van der Waals surface area contributed by atoms with Crippen LogP contribution in [0.3, 0.4) is 0 Å². The maximum atomic E-state index is 10.5. The summed E-state index contributed by atoms with van der Waals surface area (Å²) in [5.41, 5.74) is 1.03. The molecule has 0 atom stereocenters. The number of rotatable bonds is 6. The molecule has 0 spiro atoms. The van der Waals surface area contributed by atoms with Crippen molar-refractivity contribution in [3.8, 4) is 0 Å². The van der Waals surface area contributed by atoms with Gasteiger partial charge in [0.25, 0.3) is 5.69 Å². The van der Waals surface area contributed by atoms with Gasteiger partial charge in [0.2, 0.25) is 0 Å². The first-order chi connectivity index (χ1) is 7.24. The van der Waals surface area contributed by atoms with Crippen LogP contribution in [0.4, 0.5) is 5.69 Å². The number of hydrogen-bond acceptors (Lipinski definition) is 4. The van der Waals surface area contributed by atoms with Crippen molar-refractivity contribution in [2.45, 2.75) is 6.54 Å². The summed E-state index contributed by atoms with van der Waals surface area (Å²) in [6.07, 6.45) is 0. The average molecular weight is 247 g/mol. The van der Waals surface area contributed by atoms with E-state index in [1.807, 2.05) is 6.07 Å². The predicted molar refractivity (Wildman–Crippen MR) is 63.9 cm³/mol. The summed E-state index contributed by atoms with van der Waals surface area (Å²) < 4.78 is 4.87. The lowest BCUT2D eigenvalue weighted by atomic mass is 10.2. The van der Waals surface area contributed by atoms with Gasteiger partial charge in [0.05, 0.1) is 11.5 Å². The van der Waals surface area contributed by atoms with E-state index in [9.17, 15) is 10.1 Å². The number of hydrogen-bond donors (Lipinski definition) is 1. The number of methoxy groups -OCH3 is 1. The third-order valence-electron chi connectivity index (χ3n) is 1.93. The summed E-state index contributed by atoms with van der Waals surface area (Å²) >= 11 is 0. The number of non-ortho nitro benzene ring substituents is 1. The zero-order valence-corrected chi connectivity index (χ0v) is 9.83. The molecule has 0 bridgehead atoms. The van der Waals surface area contributed by atoms with Crippen LogP contribution in [0, 0.1) is 10.1 Å². The van der Waals surface area contributed by atoms with E-state index in [1.165, 1.54) is 6.07 Å². The molecule has 1 aromatic carbocycles. The standard InChI is InChI=1S/C10H14N2O3.ClH/c1-15-6-5-11-8-9-3-2-4-10(7-9)12(13)14;/h2-4,7,11H,5-6,8H2,1H3;1H. The Balaban J connectivity index is 0.00000225. The lowest BCUT2D eigenvalue weighted by Crippen LogP contribution is -2.18. The molecular formula is C10H15ClN2O3. The number of ether oxygens (including phenoxy) is 1. The van der Waals surface area contributed by atoms with E-state index >= 15 is 0 Å². The van der Waals surface area contributed by atoms with E-state index in [-0.39, 0.29) is 18.1 Å². The summed E-state index contributed by atoms with van der Waals surface area (Å²) in [7, 11) is 1.63. The van der Waals surface area contributed by atoms with Gasteiger partial charge in [0.1, 0.15) is 0 Å². The molecule has 0 amide bonds. The molecule has 0 aromatic heterocycles. The van der Waals surface area contributed by atoms with Crippen LogP contribution in [0.2, 0.25) is 0 Å². The lowest BCUT2D eigenvalue weighted by molar-refractivity contribution is -0.384. The number of nitrogens with one attached hydrogen (secondary N) is 1. The molecule has 5 nitrogen and oxygen atoms in total. The zero-order chi connectivity index (χ0) is 11.1. The van der Waals surface area contributed by atoms with Gasteiger partial charge < -0.3 is 10.1 Å². The van der Waals surface area contributed by atoms with Crippen molar-refractivity contribution in [1.29, 1.82) is 0 Å². The van der Waals surface area contributed by atoms with E-state index < -0.39 is 4.92 Å². The maximum Gasteiger partial charge on any atom is 0.269 e. The Morgan fingerprint density at radius 1 is 1.50 bits per heavy atom. The molecule has 0 aliphatic carbocycles. The van der Waals surface area contributed by atoms with Gasteiger partial charge in [0.15, 0.2) is 0 Å². The van der Waals surface area contributed by atoms with Crippen LogP contribution in [0.5, 0.6) is 0 Å². The van der Waals surface area contributed by atoms with E-state index in [0.29, 0.717) is 13.2 Å². The number of halogens is 1. The summed E-state index contributed by atoms with van der Waals surface area (Å²) in [5, 5.41) is 13.6. The van der Waals surface area contributed by atoms with E-state index in [2.05, 4.69) is 5.32 Å². The van der Waals surface area contributed by atoms with E-state index in [4.69, 9.17) is 4.74 Å². The van der Waals surface area contributed by atoms with Gasteiger partial charge in [-0.1, -0.05) is 12.1 Å². The Kier molecular flexibility index (Phi) is 7.45. The number of nitrogens with zero attached hydrogens (tertiary/aromatic N) is 1. The first kappa shape index (κ1) is 14.8. The monoisotopic (exact) mass is 246 g/mol. The predicted octanol–water partition coefficient (Wildman–Crippen LogP) is 1.75. The number of benzene rings is 1. The van der Waals surface area contributed by atoms with Crippen molar-refractivity contribution in [2.24, 2.45) is 0 Å². The van der Waals surface area contributed by atoms with E-state index in [1.54, 1.807) is 19.2 Å². The minimum Gasteiger partial charge on any atom is -0.383 e. The van der Waals surface area contributed by atoms with Gasteiger partial charge in [0, 0.05) is 32.3 Å². The third kappa shape index (κ3) is 5.06. The molecule has 16 heavy (non-hydrogen) atoms. The first-order valence-electron chi connectivity index (χ1n) is 4.67. The van der Waals surface area contributed by atoms with Gasteiger partial charge in [-0.15, -0.1) is 12.4 Å². The van der Waals surface area contributed by atoms with Crippen molar-refractivity contribution >= 4 is 18.1 Å². The zero-order valence-electron chi connectivity index (χ0n) is 9.01. The second-order valence-electron chi connectivity index (χ2n) is 3.10. The normalized spacial score (nSPS) is 9.56. The summed E-state index contributed by atoms with van der Waals surface area (Å²) in [4.78, 5) is 10.1. The largest absolute Gasteiger partial charge is 0.383 e.